The van der Waals surface area contributed by atoms with Gasteiger partial charge in [-0.3, -0.25) is 0 Å². The van der Waals surface area contributed by atoms with Crippen molar-refractivity contribution >= 4 is 0 Å². The largest absolute Gasteiger partial charge is 0.0654 e. The van der Waals surface area contributed by atoms with E-state index in [1.807, 2.05) is 0 Å². The van der Waals surface area contributed by atoms with Gasteiger partial charge in [0.25, 0.3) is 0 Å². The third-order valence-electron chi connectivity index (χ3n) is 5.99. The van der Waals surface area contributed by atoms with Crippen LogP contribution in [0.5, 0.6) is 0 Å². The minimum atomic E-state index is 0.479. The van der Waals surface area contributed by atoms with Crippen molar-refractivity contribution in [3.05, 3.63) is 0 Å². The molecule has 0 aromatic carbocycles. The lowest BCUT2D eigenvalue weighted by Gasteiger charge is -2.52. The van der Waals surface area contributed by atoms with E-state index in [4.69, 9.17) is 0 Å². The molecule has 16 heavy (non-hydrogen) atoms. The lowest BCUT2D eigenvalue weighted by atomic mass is 9.53. The molecule has 0 aliphatic heterocycles. The molecule has 1 aliphatic carbocycles. The second-order valence-corrected chi connectivity index (χ2v) is 7.11. The molecule has 1 rings (SSSR count). The van der Waals surface area contributed by atoms with E-state index in [2.05, 4.69) is 41.5 Å². The van der Waals surface area contributed by atoms with Crippen LogP contribution in [0.4, 0.5) is 0 Å². The standard InChI is InChI=1S/C16H32/c1-7-10-14-12-9-8-11-13(2)15(3,4)16(14,5)6/h13-14H,7-12H2,1-6H3. The van der Waals surface area contributed by atoms with Gasteiger partial charge in [-0.1, -0.05) is 73.6 Å². The summed E-state index contributed by atoms with van der Waals surface area (Å²) >= 11 is 0. The van der Waals surface area contributed by atoms with Gasteiger partial charge in [0.15, 0.2) is 0 Å². The highest BCUT2D eigenvalue weighted by atomic mass is 14.5. The molecule has 0 spiro atoms. The highest BCUT2D eigenvalue weighted by Crippen LogP contribution is 2.54. The molecule has 1 aliphatic rings. The molecule has 0 heterocycles. The Hall–Kier alpha value is 0. The lowest BCUT2D eigenvalue weighted by Crippen LogP contribution is -2.44. The normalized spacial score (nSPS) is 34.1. The van der Waals surface area contributed by atoms with Gasteiger partial charge in [-0.15, -0.1) is 0 Å². The predicted molar refractivity (Wildman–Crippen MR) is 73.6 cm³/mol. The molecule has 0 bridgehead atoms. The Bertz CT molecular complexity index is 212. The van der Waals surface area contributed by atoms with Crippen LogP contribution in [0.15, 0.2) is 0 Å². The fraction of sp³-hybridized carbons (Fsp3) is 1.00. The van der Waals surface area contributed by atoms with Gasteiger partial charge in [0, 0.05) is 0 Å². The molecule has 0 aromatic rings. The Kier molecular flexibility index (Phi) is 4.49. The Labute approximate surface area is 103 Å². The first kappa shape index (κ1) is 14.1. The molecule has 0 amide bonds. The van der Waals surface area contributed by atoms with Crippen molar-refractivity contribution in [2.24, 2.45) is 22.7 Å². The zero-order valence-electron chi connectivity index (χ0n) is 12.4. The summed E-state index contributed by atoms with van der Waals surface area (Å²) in [6.07, 6.45) is 8.55. The highest BCUT2D eigenvalue weighted by molar-refractivity contribution is 4.95. The number of hydrogen-bond acceptors (Lipinski definition) is 0. The monoisotopic (exact) mass is 224 g/mol. The summed E-state index contributed by atoms with van der Waals surface area (Å²) in [5, 5.41) is 0. The quantitative estimate of drug-likeness (QED) is 0.567. The molecular weight excluding hydrogens is 192 g/mol. The zero-order valence-corrected chi connectivity index (χ0v) is 12.4. The molecule has 0 nitrogen and oxygen atoms in total. The summed E-state index contributed by atoms with van der Waals surface area (Å²) < 4.78 is 0. The Morgan fingerprint density at radius 3 is 2.06 bits per heavy atom. The average molecular weight is 224 g/mol. The van der Waals surface area contributed by atoms with Gasteiger partial charge in [0.1, 0.15) is 0 Å². The third kappa shape index (κ3) is 2.46. The summed E-state index contributed by atoms with van der Waals surface area (Å²) in [6, 6.07) is 0. The SMILES string of the molecule is CCCC1CCCCC(C)C(C)(C)C1(C)C. The van der Waals surface area contributed by atoms with Crippen LogP contribution >= 0.6 is 0 Å². The Morgan fingerprint density at radius 2 is 1.50 bits per heavy atom. The average Bonchev–Trinajstić information content (AvgIpc) is 2.20. The second-order valence-electron chi connectivity index (χ2n) is 7.11. The maximum absolute atomic E-state index is 2.52. The highest BCUT2D eigenvalue weighted by Gasteiger charge is 2.45. The van der Waals surface area contributed by atoms with Gasteiger partial charge in [0.2, 0.25) is 0 Å². The van der Waals surface area contributed by atoms with Crippen molar-refractivity contribution in [2.75, 3.05) is 0 Å². The molecule has 96 valence electrons. The van der Waals surface area contributed by atoms with Crippen molar-refractivity contribution in [1.82, 2.24) is 0 Å². The van der Waals surface area contributed by atoms with Crippen LogP contribution in [0.1, 0.15) is 80.1 Å². The first-order valence-electron chi connectivity index (χ1n) is 7.34. The second kappa shape index (κ2) is 5.10. The van der Waals surface area contributed by atoms with Gasteiger partial charge < -0.3 is 0 Å². The minimum absolute atomic E-state index is 0.479. The van der Waals surface area contributed by atoms with E-state index in [0.29, 0.717) is 10.8 Å². The van der Waals surface area contributed by atoms with Crippen molar-refractivity contribution in [3.8, 4) is 0 Å². The minimum Gasteiger partial charge on any atom is -0.0654 e. The Balaban J connectivity index is 2.94. The van der Waals surface area contributed by atoms with E-state index in [1.54, 1.807) is 0 Å². The molecular formula is C16H32. The van der Waals surface area contributed by atoms with Gasteiger partial charge in [-0.05, 0) is 29.1 Å². The van der Waals surface area contributed by atoms with E-state index in [-0.39, 0.29) is 0 Å². The third-order valence-corrected chi connectivity index (χ3v) is 5.99. The molecule has 2 atom stereocenters. The van der Waals surface area contributed by atoms with Crippen LogP contribution in [-0.2, 0) is 0 Å². The maximum atomic E-state index is 2.52. The van der Waals surface area contributed by atoms with Crippen LogP contribution in [0.3, 0.4) is 0 Å². The van der Waals surface area contributed by atoms with Crippen LogP contribution in [0, 0.1) is 22.7 Å². The maximum Gasteiger partial charge on any atom is -0.0272 e. The summed E-state index contributed by atoms with van der Waals surface area (Å²) in [7, 11) is 0. The van der Waals surface area contributed by atoms with E-state index in [1.165, 1.54) is 38.5 Å². The first-order valence-corrected chi connectivity index (χ1v) is 7.34. The van der Waals surface area contributed by atoms with Crippen molar-refractivity contribution in [1.29, 1.82) is 0 Å². The van der Waals surface area contributed by atoms with Crippen LogP contribution < -0.4 is 0 Å². The van der Waals surface area contributed by atoms with Crippen molar-refractivity contribution < 1.29 is 0 Å². The van der Waals surface area contributed by atoms with E-state index in [9.17, 15) is 0 Å². The molecule has 1 fully saturated rings. The summed E-state index contributed by atoms with van der Waals surface area (Å²) in [6.45, 7) is 14.9. The summed E-state index contributed by atoms with van der Waals surface area (Å²) in [5.41, 5.74) is 0.968. The van der Waals surface area contributed by atoms with Crippen LogP contribution in [-0.4, -0.2) is 0 Å². The van der Waals surface area contributed by atoms with Crippen molar-refractivity contribution in [3.63, 3.8) is 0 Å². The van der Waals surface area contributed by atoms with Crippen LogP contribution in [0.25, 0.3) is 0 Å². The zero-order chi connectivity index (χ0) is 12.4. The lowest BCUT2D eigenvalue weighted by molar-refractivity contribution is -0.0274. The molecule has 0 saturated heterocycles. The fourth-order valence-corrected chi connectivity index (χ4v) is 3.58. The van der Waals surface area contributed by atoms with Gasteiger partial charge in [0.05, 0.1) is 0 Å². The number of rotatable bonds is 2. The van der Waals surface area contributed by atoms with Gasteiger partial charge >= 0.3 is 0 Å². The van der Waals surface area contributed by atoms with E-state index < -0.39 is 0 Å². The van der Waals surface area contributed by atoms with Gasteiger partial charge in [-0.2, -0.15) is 0 Å². The molecule has 2 unspecified atom stereocenters. The van der Waals surface area contributed by atoms with Crippen molar-refractivity contribution in [2.45, 2.75) is 80.1 Å². The fourth-order valence-electron chi connectivity index (χ4n) is 3.58. The first-order chi connectivity index (χ1) is 7.34. The molecule has 0 aromatic heterocycles. The number of hydrogen-bond donors (Lipinski definition) is 0. The van der Waals surface area contributed by atoms with E-state index >= 15 is 0 Å². The predicted octanol–water partition coefficient (Wildman–Crippen LogP) is 5.67. The molecule has 1 saturated carbocycles. The van der Waals surface area contributed by atoms with Crippen LogP contribution in [0.2, 0.25) is 0 Å². The van der Waals surface area contributed by atoms with Gasteiger partial charge in [-0.25, -0.2) is 0 Å². The smallest absolute Gasteiger partial charge is 0.0272 e. The topological polar surface area (TPSA) is 0 Å². The molecule has 0 radical (unpaired) electrons. The summed E-state index contributed by atoms with van der Waals surface area (Å²) in [5.74, 6) is 1.79. The molecule has 0 heteroatoms. The Morgan fingerprint density at radius 1 is 0.938 bits per heavy atom. The summed E-state index contributed by atoms with van der Waals surface area (Å²) in [4.78, 5) is 0. The van der Waals surface area contributed by atoms with E-state index in [0.717, 1.165) is 11.8 Å². The molecule has 0 N–H and O–H groups in total.